The molecule has 1 aliphatic carbocycles. The van der Waals surface area contributed by atoms with Crippen molar-refractivity contribution in [2.75, 3.05) is 17.3 Å². The lowest BCUT2D eigenvalue weighted by atomic mass is 10.0. The highest BCUT2D eigenvalue weighted by atomic mass is 15.3. The second-order valence-electron chi connectivity index (χ2n) is 4.65. The van der Waals surface area contributed by atoms with E-state index in [4.69, 9.17) is 5.84 Å². The lowest BCUT2D eigenvalue weighted by molar-refractivity contribution is 0.491. The molecule has 0 aromatic carbocycles. The van der Waals surface area contributed by atoms with Gasteiger partial charge in [-0.1, -0.05) is 25.7 Å². The van der Waals surface area contributed by atoms with Crippen molar-refractivity contribution in [3.8, 4) is 0 Å². The fraction of sp³-hybridized carbons (Fsp3) is 0.667. The number of anilines is 2. The lowest BCUT2D eigenvalue weighted by Gasteiger charge is -2.09. The molecule has 0 saturated heterocycles. The monoisotopic (exact) mass is 235 g/mol. The number of hydrogen-bond acceptors (Lipinski definition) is 5. The van der Waals surface area contributed by atoms with E-state index in [-0.39, 0.29) is 0 Å². The normalized spacial score (nSPS) is 16.1. The molecular formula is C12H21N5. The van der Waals surface area contributed by atoms with Gasteiger partial charge in [0.2, 0.25) is 0 Å². The summed E-state index contributed by atoms with van der Waals surface area (Å²) in [5, 5.41) is 3.30. The fourth-order valence-corrected chi connectivity index (χ4v) is 2.44. The minimum atomic E-state index is 0.637. The minimum Gasteiger partial charge on any atom is -0.370 e. The molecule has 0 unspecified atom stereocenters. The lowest BCUT2D eigenvalue weighted by Crippen LogP contribution is -2.10. The molecule has 5 heteroatoms. The third-order valence-corrected chi connectivity index (χ3v) is 3.38. The molecule has 94 valence electrons. The first-order valence-corrected chi connectivity index (χ1v) is 6.41. The molecule has 5 nitrogen and oxygen atoms in total. The van der Waals surface area contributed by atoms with Crippen molar-refractivity contribution >= 4 is 11.6 Å². The maximum Gasteiger partial charge on any atom is 0.145 e. The predicted molar refractivity (Wildman–Crippen MR) is 69.5 cm³/mol. The van der Waals surface area contributed by atoms with Crippen molar-refractivity contribution in [3.63, 3.8) is 0 Å². The summed E-state index contributed by atoms with van der Waals surface area (Å²) in [5.74, 6) is 7.72. The van der Waals surface area contributed by atoms with Gasteiger partial charge < -0.3 is 10.7 Å². The molecule has 0 spiro atoms. The van der Waals surface area contributed by atoms with Crippen LogP contribution in [0.1, 0.15) is 38.5 Å². The molecule has 4 N–H and O–H groups in total. The van der Waals surface area contributed by atoms with Gasteiger partial charge >= 0.3 is 0 Å². The summed E-state index contributed by atoms with van der Waals surface area (Å²) < 4.78 is 0. The summed E-state index contributed by atoms with van der Waals surface area (Å²) in [6.45, 7) is 0.970. The van der Waals surface area contributed by atoms with Crippen LogP contribution in [0.15, 0.2) is 12.4 Å². The average Bonchev–Trinajstić information content (AvgIpc) is 2.88. The summed E-state index contributed by atoms with van der Waals surface area (Å²) in [7, 11) is 0. The Balaban J connectivity index is 1.66. The Morgan fingerprint density at radius 2 is 2.00 bits per heavy atom. The maximum atomic E-state index is 5.29. The molecule has 1 fully saturated rings. The molecule has 0 radical (unpaired) electrons. The number of rotatable bonds is 6. The zero-order valence-electron chi connectivity index (χ0n) is 10.2. The van der Waals surface area contributed by atoms with Gasteiger partial charge in [0, 0.05) is 12.6 Å². The molecule has 0 amide bonds. The summed E-state index contributed by atoms with van der Waals surface area (Å²) in [5.41, 5.74) is 2.51. The van der Waals surface area contributed by atoms with E-state index in [2.05, 4.69) is 20.7 Å². The van der Waals surface area contributed by atoms with Crippen LogP contribution >= 0.6 is 0 Å². The molecular weight excluding hydrogens is 214 g/mol. The van der Waals surface area contributed by atoms with Gasteiger partial charge in [0.1, 0.15) is 18.0 Å². The molecule has 1 aliphatic rings. The van der Waals surface area contributed by atoms with Gasteiger partial charge in [0.15, 0.2) is 0 Å². The van der Waals surface area contributed by atoms with Crippen LogP contribution in [0.3, 0.4) is 0 Å². The van der Waals surface area contributed by atoms with Crippen LogP contribution in [0.2, 0.25) is 0 Å². The molecule has 0 aliphatic heterocycles. The molecule has 1 saturated carbocycles. The van der Waals surface area contributed by atoms with Crippen LogP contribution in [0.25, 0.3) is 0 Å². The third-order valence-electron chi connectivity index (χ3n) is 3.38. The van der Waals surface area contributed by atoms with E-state index in [0.717, 1.165) is 18.3 Å². The average molecular weight is 235 g/mol. The number of hydrogen-bond donors (Lipinski definition) is 3. The molecule has 0 bridgehead atoms. The third kappa shape index (κ3) is 3.85. The molecule has 0 atom stereocenters. The molecule has 17 heavy (non-hydrogen) atoms. The van der Waals surface area contributed by atoms with Crippen molar-refractivity contribution in [1.82, 2.24) is 9.97 Å². The van der Waals surface area contributed by atoms with Gasteiger partial charge in [-0.25, -0.2) is 15.8 Å². The highest BCUT2D eigenvalue weighted by molar-refractivity contribution is 5.45. The number of hydrazine groups is 1. The Kier molecular flexibility index (Phi) is 4.55. The zero-order chi connectivity index (χ0) is 11.9. The van der Waals surface area contributed by atoms with Crippen molar-refractivity contribution in [1.29, 1.82) is 0 Å². The first-order valence-electron chi connectivity index (χ1n) is 6.41. The van der Waals surface area contributed by atoms with Crippen LogP contribution in [-0.4, -0.2) is 16.5 Å². The van der Waals surface area contributed by atoms with E-state index >= 15 is 0 Å². The largest absolute Gasteiger partial charge is 0.370 e. The van der Waals surface area contributed by atoms with Gasteiger partial charge in [-0.3, -0.25) is 0 Å². The zero-order valence-corrected chi connectivity index (χ0v) is 10.2. The minimum absolute atomic E-state index is 0.637. The smallest absolute Gasteiger partial charge is 0.145 e. The maximum absolute atomic E-state index is 5.29. The SMILES string of the molecule is NNc1cc(NCCCC2CCCC2)ncn1. The van der Waals surface area contributed by atoms with E-state index in [1.807, 2.05) is 6.07 Å². The van der Waals surface area contributed by atoms with E-state index in [9.17, 15) is 0 Å². The van der Waals surface area contributed by atoms with Crippen molar-refractivity contribution in [2.24, 2.45) is 11.8 Å². The highest BCUT2D eigenvalue weighted by Crippen LogP contribution is 2.28. The van der Waals surface area contributed by atoms with E-state index in [1.165, 1.54) is 44.9 Å². The van der Waals surface area contributed by atoms with Gasteiger partial charge in [-0.05, 0) is 18.8 Å². The van der Waals surface area contributed by atoms with Crippen LogP contribution in [0.5, 0.6) is 0 Å². The highest BCUT2D eigenvalue weighted by Gasteiger charge is 2.13. The van der Waals surface area contributed by atoms with Crippen molar-refractivity contribution < 1.29 is 0 Å². The second kappa shape index (κ2) is 6.39. The number of nitrogens with one attached hydrogen (secondary N) is 2. The topological polar surface area (TPSA) is 75.9 Å². The molecule has 1 aromatic heterocycles. The molecule has 1 heterocycles. The number of aromatic nitrogens is 2. The molecule has 1 aromatic rings. The fourth-order valence-electron chi connectivity index (χ4n) is 2.44. The van der Waals surface area contributed by atoms with Gasteiger partial charge in [0.05, 0.1) is 0 Å². The van der Waals surface area contributed by atoms with E-state index < -0.39 is 0 Å². The summed E-state index contributed by atoms with van der Waals surface area (Å²) in [6, 6.07) is 1.82. The van der Waals surface area contributed by atoms with Gasteiger partial charge in [0.25, 0.3) is 0 Å². The summed E-state index contributed by atoms with van der Waals surface area (Å²) in [6.07, 6.45) is 9.75. The summed E-state index contributed by atoms with van der Waals surface area (Å²) >= 11 is 0. The Morgan fingerprint density at radius 3 is 2.76 bits per heavy atom. The standard InChI is InChI=1S/C12H21N5/c13-17-12-8-11(15-9-16-12)14-7-3-6-10-4-1-2-5-10/h8-10H,1-7,13H2,(H2,14,15,16,17). The number of nitrogens with zero attached hydrogens (tertiary/aromatic N) is 2. The second-order valence-corrected chi connectivity index (χ2v) is 4.65. The Morgan fingerprint density at radius 1 is 1.24 bits per heavy atom. The number of nitrogens with two attached hydrogens (primary N) is 1. The first kappa shape index (κ1) is 12.1. The van der Waals surface area contributed by atoms with E-state index in [0.29, 0.717) is 5.82 Å². The quantitative estimate of drug-likeness (QED) is 0.400. The van der Waals surface area contributed by atoms with Crippen molar-refractivity contribution in [3.05, 3.63) is 12.4 Å². The van der Waals surface area contributed by atoms with Gasteiger partial charge in [-0.15, -0.1) is 0 Å². The van der Waals surface area contributed by atoms with Crippen LogP contribution in [0.4, 0.5) is 11.6 Å². The van der Waals surface area contributed by atoms with Gasteiger partial charge in [-0.2, -0.15) is 0 Å². The summed E-state index contributed by atoms with van der Waals surface area (Å²) in [4.78, 5) is 8.10. The predicted octanol–water partition coefficient (Wildman–Crippen LogP) is 2.14. The Bertz CT molecular complexity index is 335. The van der Waals surface area contributed by atoms with Crippen LogP contribution in [0, 0.1) is 5.92 Å². The van der Waals surface area contributed by atoms with Crippen molar-refractivity contribution in [2.45, 2.75) is 38.5 Å². The van der Waals surface area contributed by atoms with E-state index in [1.54, 1.807) is 0 Å². The van der Waals surface area contributed by atoms with Crippen LogP contribution < -0.4 is 16.6 Å². The molecule has 2 rings (SSSR count). The Hall–Kier alpha value is -1.36. The number of nitrogen functional groups attached to an aromatic ring is 1. The van der Waals surface area contributed by atoms with Crippen LogP contribution in [-0.2, 0) is 0 Å². The Labute approximate surface area is 102 Å². The first-order chi connectivity index (χ1) is 8.38.